The maximum absolute atomic E-state index is 12.4. The van der Waals surface area contributed by atoms with E-state index in [0.29, 0.717) is 17.7 Å². The van der Waals surface area contributed by atoms with Gasteiger partial charge in [0.1, 0.15) is 5.78 Å². The van der Waals surface area contributed by atoms with Crippen LogP contribution in [0.1, 0.15) is 44.9 Å². The van der Waals surface area contributed by atoms with Crippen LogP contribution in [0.2, 0.25) is 0 Å². The third-order valence-electron chi connectivity index (χ3n) is 4.73. The molecule has 0 spiro atoms. The van der Waals surface area contributed by atoms with Crippen LogP contribution in [-0.4, -0.2) is 55.4 Å². The largest absolute Gasteiger partial charge is 0.304 e. The Morgan fingerprint density at radius 3 is 2.39 bits per heavy atom. The van der Waals surface area contributed by atoms with E-state index in [9.17, 15) is 4.79 Å². The summed E-state index contributed by atoms with van der Waals surface area (Å²) < 4.78 is 0. The molecule has 104 valence electrons. The summed E-state index contributed by atoms with van der Waals surface area (Å²) in [6, 6.07) is 0.444. The van der Waals surface area contributed by atoms with Gasteiger partial charge in [-0.05, 0) is 26.9 Å². The first kappa shape index (κ1) is 14.0. The molecule has 18 heavy (non-hydrogen) atoms. The van der Waals surface area contributed by atoms with Gasteiger partial charge in [0.2, 0.25) is 0 Å². The Morgan fingerprint density at radius 1 is 1.06 bits per heavy atom. The molecule has 3 nitrogen and oxygen atoms in total. The fourth-order valence-corrected chi connectivity index (χ4v) is 3.32. The zero-order chi connectivity index (χ0) is 13.0. The Labute approximate surface area is 112 Å². The topological polar surface area (TPSA) is 23.6 Å². The van der Waals surface area contributed by atoms with E-state index in [0.717, 1.165) is 38.9 Å². The lowest BCUT2D eigenvalue weighted by molar-refractivity contribution is -0.124. The van der Waals surface area contributed by atoms with Crippen molar-refractivity contribution in [3.05, 3.63) is 0 Å². The Balaban J connectivity index is 1.85. The monoisotopic (exact) mass is 252 g/mol. The molecule has 0 amide bonds. The van der Waals surface area contributed by atoms with Crippen LogP contribution in [0.3, 0.4) is 0 Å². The van der Waals surface area contributed by atoms with Crippen LogP contribution in [0.15, 0.2) is 0 Å². The third-order valence-corrected chi connectivity index (χ3v) is 4.73. The fraction of sp³-hybridized carbons (Fsp3) is 0.933. The van der Waals surface area contributed by atoms with E-state index >= 15 is 0 Å². The van der Waals surface area contributed by atoms with Crippen LogP contribution >= 0.6 is 0 Å². The molecule has 1 aliphatic carbocycles. The van der Waals surface area contributed by atoms with Gasteiger partial charge in [0.15, 0.2) is 0 Å². The van der Waals surface area contributed by atoms with Crippen molar-refractivity contribution < 1.29 is 4.79 Å². The molecule has 0 aromatic rings. The van der Waals surface area contributed by atoms with Crippen molar-refractivity contribution in [2.75, 3.05) is 33.7 Å². The summed E-state index contributed by atoms with van der Waals surface area (Å²) in [4.78, 5) is 17.1. The highest BCUT2D eigenvalue weighted by Gasteiger charge is 2.28. The van der Waals surface area contributed by atoms with E-state index in [2.05, 4.69) is 23.9 Å². The van der Waals surface area contributed by atoms with Crippen molar-refractivity contribution in [3.63, 3.8) is 0 Å². The molecule has 2 fully saturated rings. The number of carbonyl (C=O) groups excluding carboxylic acids is 1. The minimum Gasteiger partial charge on any atom is -0.304 e. The molecule has 0 N–H and O–H groups in total. The third kappa shape index (κ3) is 3.79. The summed E-state index contributed by atoms with van der Waals surface area (Å²) >= 11 is 0. The van der Waals surface area contributed by atoms with Gasteiger partial charge in [-0.2, -0.15) is 0 Å². The van der Waals surface area contributed by atoms with Crippen LogP contribution < -0.4 is 0 Å². The first-order chi connectivity index (χ1) is 8.66. The number of Topliss-reactive ketones (excluding diaryl/α,β-unsaturated/α-hetero) is 1. The molecule has 1 atom stereocenters. The van der Waals surface area contributed by atoms with Gasteiger partial charge < -0.3 is 9.80 Å². The second-order valence-corrected chi connectivity index (χ2v) is 6.26. The van der Waals surface area contributed by atoms with Crippen molar-refractivity contribution in [2.24, 2.45) is 5.92 Å². The molecule has 1 saturated carbocycles. The van der Waals surface area contributed by atoms with Gasteiger partial charge in [-0.25, -0.2) is 0 Å². The molecule has 0 radical (unpaired) electrons. The van der Waals surface area contributed by atoms with Gasteiger partial charge in [0.05, 0.1) is 0 Å². The molecule has 3 heteroatoms. The first-order valence-electron chi connectivity index (χ1n) is 7.58. The molecule has 1 saturated heterocycles. The number of carbonyl (C=O) groups is 1. The number of piperazine rings is 1. The molecule has 1 aliphatic heterocycles. The van der Waals surface area contributed by atoms with Crippen molar-refractivity contribution >= 4 is 5.78 Å². The number of rotatable bonds is 3. The van der Waals surface area contributed by atoms with E-state index in [1.807, 2.05) is 0 Å². The highest BCUT2D eigenvalue weighted by Crippen LogP contribution is 2.25. The summed E-state index contributed by atoms with van der Waals surface area (Å²) in [5, 5.41) is 0. The summed E-state index contributed by atoms with van der Waals surface area (Å²) in [6.45, 7) is 3.28. The second kappa shape index (κ2) is 6.67. The van der Waals surface area contributed by atoms with E-state index < -0.39 is 0 Å². The Hall–Kier alpha value is -0.410. The van der Waals surface area contributed by atoms with Crippen LogP contribution in [0, 0.1) is 5.92 Å². The molecule has 2 rings (SSSR count). The Morgan fingerprint density at radius 2 is 1.72 bits per heavy atom. The average Bonchev–Trinajstić information content (AvgIpc) is 2.62. The molecular weight excluding hydrogens is 224 g/mol. The molecule has 1 heterocycles. The maximum Gasteiger partial charge on any atom is 0.137 e. The number of ketones is 1. The van der Waals surface area contributed by atoms with Gasteiger partial charge >= 0.3 is 0 Å². The van der Waals surface area contributed by atoms with Gasteiger partial charge in [0.25, 0.3) is 0 Å². The second-order valence-electron chi connectivity index (χ2n) is 6.26. The van der Waals surface area contributed by atoms with Gasteiger partial charge in [-0.15, -0.1) is 0 Å². The summed E-state index contributed by atoms with van der Waals surface area (Å²) in [7, 11) is 4.33. The number of hydrogen-bond donors (Lipinski definition) is 0. The summed E-state index contributed by atoms with van der Waals surface area (Å²) in [5.41, 5.74) is 0. The fourth-order valence-electron chi connectivity index (χ4n) is 3.32. The summed E-state index contributed by atoms with van der Waals surface area (Å²) in [6.07, 6.45) is 8.24. The number of nitrogens with zero attached hydrogens (tertiary/aromatic N) is 2. The van der Waals surface area contributed by atoms with Gasteiger partial charge in [0, 0.05) is 38.0 Å². The smallest absolute Gasteiger partial charge is 0.137 e. The quantitative estimate of drug-likeness (QED) is 0.719. The normalized spacial score (nSPS) is 29.1. The predicted molar refractivity (Wildman–Crippen MR) is 74.7 cm³/mol. The van der Waals surface area contributed by atoms with Crippen LogP contribution in [0.25, 0.3) is 0 Å². The first-order valence-corrected chi connectivity index (χ1v) is 7.58. The van der Waals surface area contributed by atoms with Crippen LogP contribution in [0.4, 0.5) is 0 Å². The lowest BCUT2D eigenvalue weighted by Crippen LogP contribution is -2.50. The van der Waals surface area contributed by atoms with E-state index in [1.54, 1.807) is 0 Å². The van der Waals surface area contributed by atoms with Crippen LogP contribution in [0.5, 0.6) is 0 Å². The van der Waals surface area contributed by atoms with Crippen molar-refractivity contribution in [2.45, 2.75) is 51.0 Å². The Kier molecular flexibility index (Phi) is 5.19. The number of likely N-dealkylation sites (N-methyl/N-ethyl adjacent to an activating group) is 2. The van der Waals surface area contributed by atoms with E-state index in [1.165, 1.54) is 25.7 Å². The van der Waals surface area contributed by atoms with E-state index in [4.69, 9.17) is 0 Å². The lowest BCUT2D eigenvalue weighted by atomic mass is 9.90. The van der Waals surface area contributed by atoms with Gasteiger partial charge in [-0.1, -0.05) is 25.7 Å². The molecule has 1 unspecified atom stereocenters. The molecule has 0 aromatic carbocycles. The van der Waals surface area contributed by atoms with E-state index in [-0.39, 0.29) is 0 Å². The molecule has 2 aliphatic rings. The summed E-state index contributed by atoms with van der Waals surface area (Å²) in [5.74, 6) is 0.900. The van der Waals surface area contributed by atoms with Crippen molar-refractivity contribution in [1.29, 1.82) is 0 Å². The highest BCUT2D eigenvalue weighted by molar-refractivity contribution is 5.81. The van der Waals surface area contributed by atoms with Gasteiger partial charge in [-0.3, -0.25) is 4.79 Å². The zero-order valence-corrected chi connectivity index (χ0v) is 12.0. The highest BCUT2D eigenvalue weighted by atomic mass is 16.1. The standard InChI is InChI=1S/C15H28N2O/c1-16-9-10-17(2)14(12-16)11-15(18)13-7-5-3-4-6-8-13/h13-14H,3-12H2,1-2H3. The average molecular weight is 252 g/mol. The maximum atomic E-state index is 12.4. The van der Waals surface area contributed by atoms with Crippen LogP contribution in [-0.2, 0) is 4.79 Å². The van der Waals surface area contributed by atoms with Crippen molar-refractivity contribution in [1.82, 2.24) is 9.80 Å². The SMILES string of the molecule is CN1CCN(C)C(CC(=O)C2CCCCCC2)C1. The zero-order valence-electron chi connectivity index (χ0n) is 12.0. The molecule has 0 bridgehead atoms. The number of hydrogen-bond acceptors (Lipinski definition) is 3. The minimum atomic E-state index is 0.369. The molecular formula is C15H28N2O. The minimum absolute atomic E-state index is 0.369. The van der Waals surface area contributed by atoms with Crippen molar-refractivity contribution in [3.8, 4) is 0 Å². The predicted octanol–water partition coefficient (Wildman–Crippen LogP) is 2.16. The lowest BCUT2D eigenvalue weighted by Gasteiger charge is -2.37. The molecule has 0 aromatic heterocycles. The Bertz CT molecular complexity index is 272.